The number of nitrogens with two attached hydrogens (primary N) is 1. The average Bonchev–Trinajstić information content (AvgIpc) is 2.26. The molecule has 1 rings (SSSR count). The molecule has 0 bridgehead atoms. The van der Waals surface area contributed by atoms with Gasteiger partial charge in [-0.15, -0.1) is 12.4 Å². The molecule has 0 aliphatic carbocycles. The lowest BCUT2D eigenvalue weighted by molar-refractivity contribution is -0.145. The van der Waals surface area contributed by atoms with Crippen LogP contribution in [0.2, 0.25) is 0 Å². The molecule has 1 atom stereocenters. The van der Waals surface area contributed by atoms with Gasteiger partial charge in [0.25, 0.3) is 0 Å². The van der Waals surface area contributed by atoms with E-state index < -0.39 is 0 Å². The molecule has 2 N–H and O–H groups in total. The standard InChI is InChI=1S/C12H18N2O2.ClH/c1-10(16-11(2)15)14(9-8-13)12-6-4-3-5-7-12;/h3-7,10H,8-9,13H2,1-2H3;1H. The van der Waals surface area contributed by atoms with Crippen LogP contribution in [-0.4, -0.2) is 25.3 Å². The zero-order valence-electron chi connectivity index (χ0n) is 10.1. The van der Waals surface area contributed by atoms with Crippen molar-refractivity contribution in [2.75, 3.05) is 18.0 Å². The summed E-state index contributed by atoms with van der Waals surface area (Å²) in [6.07, 6.45) is -0.302. The maximum absolute atomic E-state index is 10.9. The molecule has 1 unspecified atom stereocenters. The van der Waals surface area contributed by atoms with E-state index in [1.54, 1.807) is 0 Å². The largest absolute Gasteiger partial charge is 0.442 e. The quantitative estimate of drug-likeness (QED) is 0.646. The van der Waals surface area contributed by atoms with Crippen molar-refractivity contribution in [3.05, 3.63) is 30.3 Å². The summed E-state index contributed by atoms with van der Waals surface area (Å²) >= 11 is 0. The SMILES string of the molecule is CC(=O)OC(C)N(CCN)c1ccccc1.Cl. The summed E-state index contributed by atoms with van der Waals surface area (Å²) in [6, 6.07) is 9.77. The van der Waals surface area contributed by atoms with Crippen LogP contribution in [0.3, 0.4) is 0 Å². The molecule has 4 nitrogen and oxygen atoms in total. The highest BCUT2D eigenvalue weighted by Gasteiger charge is 2.15. The third-order valence-corrected chi connectivity index (χ3v) is 2.23. The van der Waals surface area contributed by atoms with Gasteiger partial charge in [-0.1, -0.05) is 18.2 Å². The highest BCUT2D eigenvalue weighted by molar-refractivity contribution is 5.85. The number of nitrogens with zero attached hydrogens (tertiary/aromatic N) is 1. The second-order valence-electron chi connectivity index (χ2n) is 3.53. The fourth-order valence-electron chi connectivity index (χ4n) is 1.58. The average molecular weight is 259 g/mol. The zero-order valence-corrected chi connectivity index (χ0v) is 10.9. The van der Waals surface area contributed by atoms with E-state index in [1.807, 2.05) is 42.2 Å². The molecular weight excluding hydrogens is 240 g/mol. The number of halogens is 1. The van der Waals surface area contributed by atoms with E-state index in [1.165, 1.54) is 6.92 Å². The van der Waals surface area contributed by atoms with Crippen molar-refractivity contribution < 1.29 is 9.53 Å². The number of anilines is 1. The lowest BCUT2D eigenvalue weighted by Gasteiger charge is -2.30. The summed E-state index contributed by atoms with van der Waals surface area (Å²) in [6.45, 7) is 4.41. The number of hydrogen-bond donors (Lipinski definition) is 1. The summed E-state index contributed by atoms with van der Waals surface area (Å²) in [5.74, 6) is -0.287. The molecule has 0 amide bonds. The first-order chi connectivity index (χ1) is 7.65. The molecule has 1 aromatic rings. The van der Waals surface area contributed by atoms with Crippen molar-refractivity contribution >= 4 is 24.1 Å². The smallest absolute Gasteiger partial charge is 0.304 e. The van der Waals surface area contributed by atoms with Crippen LogP contribution in [0, 0.1) is 0 Å². The molecule has 0 aliphatic rings. The number of ether oxygens (including phenoxy) is 1. The highest BCUT2D eigenvalue weighted by Crippen LogP contribution is 2.16. The molecule has 17 heavy (non-hydrogen) atoms. The zero-order chi connectivity index (χ0) is 12.0. The number of esters is 1. The van der Waals surface area contributed by atoms with Crippen molar-refractivity contribution in [1.82, 2.24) is 0 Å². The topological polar surface area (TPSA) is 55.6 Å². The van der Waals surface area contributed by atoms with E-state index >= 15 is 0 Å². The first-order valence-corrected chi connectivity index (χ1v) is 5.34. The van der Waals surface area contributed by atoms with Gasteiger partial charge in [-0.05, 0) is 19.1 Å². The predicted octanol–water partition coefficient (Wildman–Crippen LogP) is 1.78. The van der Waals surface area contributed by atoms with E-state index in [0.29, 0.717) is 13.1 Å². The second kappa shape index (κ2) is 7.92. The van der Waals surface area contributed by atoms with E-state index in [-0.39, 0.29) is 24.6 Å². The first-order valence-electron chi connectivity index (χ1n) is 5.34. The number of para-hydroxylation sites is 1. The van der Waals surface area contributed by atoms with Crippen LogP contribution in [0.1, 0.15) is 13.8 Å². The number of hydrogen-bond acceptors (Lipinski definition) is 4. The van der Waals surface area contributed by atoms with Gasteiger partial charge in [-0.3, -0.25) is 4.79 Å². The highest BCUT2D eigenvalue weighted by atomic mass is 35.5. The van der Waals surface area contributed by atoms with Crippen molar-refractivity contribution in [2.24, 2.45) is 5.73 Å². The van der Waals surface area contributed by atoms with Crippen LogP contribution in [-0.2, 0) is 9.53 Å². The molecule has 5 heteroatoms. The Hall–Kier alpha value is -1.26. The minimum absolute atomic E-state index is 0. The van der Waals surface area contributed by atoms with Gasteiger partial charge < -0.3 is 15.4 Å². The molecule has 0 saturated carbocycles. The lowest BCUT2D eigenvalue weighted by Crippen LogP contribution is -2.39. The van der Waals surface area contributed by atoms with E-state index in [2.05, 4.69) is 0 Å². The summed E-state index contributed by atoms with van der Waals surface area (Å²) in [4.78, 5) is 12.9. The normalized spacial score (nSPS) is 11.2. The third-order valence-electron chi connectivity index (χ3n) is 2.23. The minimum Gasteiger partial charge on any atom is -0.442 e. The molecule has 0 aliphatic heterocycles. The summed E-state index contributed by atoms with van der Waals surface area (Å²) < 4.78 is 5.15. The number of rotatable bonds is 5. The molecular formula is C12H19ClN2O2. The van der Waals surface area contributed by atoms with Crippen molar-refractivity contribution in [1.29, 1.82) is 0 Å². The Morgan fingerprint density at radius 2 is 2.00 bits per heavy atom. The number of carbonyl (C=O) groups is 1. The Bertz CT molecular complexity index is 333. The summed E-state index contributed by atoms with van der Waals surface area (Å²) in [5.41, 5.74) is 6.55. The molecule has 0 heterocycles. The van der Waals surface area contributed by atoms with Gasteiger partial charge in [0.15, 0.2) is 6.23 Å². The molecule has 0 aromatic heterocycles. The molecule has 0 radical (unpaired) electrons. The van der Waals surface area contributed by atoms with Gasteiger partial charge in [0.2, 0.25) is 0 Å². The monoisotopic (exact) mass is 258 g/mol. The second-order valence-corrected chi connectivity index (χ2v) is 3.53. The van der Waals surface area contributed by atoms with Crippen molar-refractivity contribution in [3.63, 3.8) is 0 Å². The van der Waals surface area contributed by atoms with Crippen molar-refractivity contribution in [3.8, 4) is 0 Å². The van der Waals surface area contributed by atoms with Gasteiger partial charge in [-0.25, -0.2) is 0 Å². The molecule has 0 spiro atoms. The van der Waals surface area contributed by atoms with E-state index in [0.717, 1.165) is 5.69 Å². The minimum atomic E-state index is -0.302. The van der Waals surface area contributed by atoms with Gasteiger partial charge in [0.05, 0.1) is 0 Å². The van der Waals surface area contributed by atoms with E-state index in [9.17, 15) is 4.79 Å². The van der Waals surface area contributed by atoms with Gasteiger partial charge in [-0.2, -0.15) is 0 Å². The summed E-state index contributed by atoms with van der Waals surface area (Å²) in [5, 5.41) is 0. The fraction of sp³-hybridized carbons (Fsp3) is 0.417. The Morgan fingerprint density at radius 1 is 1.41 bits per heavy atom. The third kappa shape index (κ3) is 5.06. The first kappa shape index (κ1) is 15.7. The Labute approximate surface area is 108 Å². The maximum atomic E-state index is 10.9. The van der Waals surface area contributed by atoms with Gasteiger partial charge >= 0.3 is 5.97 Å². The van der Waals surface area contributed by atoms with Crippen molar-refractivity contribution in [2.45, 2.75) is 20.1 Å². The molecule has 96 valence electrons. The lowest BCUT2D eigenvalue weighted by atomic mass is 10.3. The number of benzene rings is 1. The van der Waals surface area contributed by atoms with E-state index in [4.69, 9.17) is 10.5 Å². The summed E-state index contributed by atoms with van der Waals surface area (Å²) in [7, 11) is 0. The molecule has 0 saturated heterocycles. The molecule has 0 fully saturated rings. The maximum Gasteiger partial charge on any atom is 0.304 e. The Balaban J connectivity index is 0.00000256. The predicted molar refractivity (Wildman–Crippen MR) is 71.3 cm³/mol. The van der Waals surface area contributed by atoms with Crippen LogP contribution in [0.5, 0.6) is 0 Å². The van der Waals surface area contributed by atoms with Crippen LogP contribution < -0.4 is 10.6 Å². The Morgan fingerprint density at radius 3 is 2.47 bits per heavy atom. The van der Waals surface area contributed by atoms with Gasteiger partial charge in [0, 0.05) is 25.7 Å². The van der Waals surface area contributed by atoms with Crippen LogP contribution in [0.4, 0.5) is 5.69 Å². The number of carbonyl (C=O) groups excluding carboxylic acids is 1. The molecule has 1 aromatic carbocycles. The Kier molecular flexibility index (Phi) is 7.34. The van der Waals surface area contributed by atoms with Crippen LogP contribution >= 0.6 is 12.4 Å². The van der Waals surface area contributed by atoms with Crippen LogP contribution in [0.25, 0.3) is 0 Å². The fourth-order valence-corrected chi connectivity index (χ4v) is 1.58. The van der Waals surface area contributed by atoms with Gasteiger partial charge in [0.1, 0.15) is 0 Å². The van der Waals surface area contributed by atoms with Crippen LogP contribution in [0.15, 0.2) is 30.3 Å².